The van der Waals surface area contributed by atoms with E-state index in [1.807, 2.05) is 13.0 Å². The lowest BCUT2D eigenvalue weighted by atomic mass is 9.96. The molecule has 8 nitrogen and oxygen atoms in total. The number of allylic oxidation sites excluding steroid dienone is 1. The average Bonchev–Trinajstić information content (AvgIpc) is 3.09. The van der Waals surface area contributed by atoms with Gasteiger partial charge in [-0.05, 0) is 37.9 Å². The van der Waals surface area contributed by atoms with E-state index in [0.29, 0.717) is 24.4 Å². The molecule has 0 bridgehead atoms. The number of hydrogen-bond donors (Lipinski definition) is 7. The van der Waals surface area contributed by atoms with Crippen LogP contribution in [0.2, 0.25) is 0 Å². The van der Waals surface area contributed by atoms with Gasteiger partial charge in [0.15, 0.2) is 5.11 Å². The summed E-state index contributed by atoms with van der Waals surface area (Å²) in [5, 5.41) is 58.6. The normalized spacial score (nSPS) is 22.2. The molecule has 7 unspecified atom stereocenters. The Balaban J connectivity index is 2.10. The molecule has 0 aromatic carbocycles. The van der Waals surface area contributed by atoms with Gasteiger partial charge in [-0.15, -0.1) is 0 Å². The van der Waals surface area contributed by atoms with Gasteiger partial charge in [-0.3, -0.25) is 0 Å². The highest BCUT2D eigenvalue weighted by Gasteiger charge is 2.33. The van der Waals surface area contributed by atoms with Gasteiger partial charge in [-0.2, -0.15) is 0 Å². The minimum Gasteiger partial charge on any atom is -0.393 e. The summed E-state index contributed by atoms with van der Waals surface area (Å²) >= 11 is 5.50. The van der Waals surface area contributed by atoms with Crippen molar-refractivity contribution in [1.82, 2.24) is 10.6 Å². The van der Waals surface area contributed by atoms with Gasteiger partial charge in [-0.1, -0.05) is 161 Å². The summed E-state index contributed by atoms with van der Waals surface area (Å²) in [5.74, 6) is 0. The van der Waals surface area contributed by atoms with Gasteiger partial charge in [0.05, 0.1) is 31.0 Å². The van der Waals surface area contributed by atoms with Crippen molar-refractivity contribution < 1.29 is 30.3 Å². The first kappa shape index (κ1) is 46.2. The van der Waals surface area contributed by atoms with Crippen LogP contribution in [0.5, 0.6) is 0 Å². The highest BCUT2D eigenvalue weighted by atomic mass is 32.1. The molecule has 1 aliphatic rings. The van der Waals surface area contributed by atoms with Gasteiger partial charge in [0.25, 0.3) is 0 Å². The topological polar surface area (TPSA) is 134 Å². The number of thiocarbonyl (C=S) groups is 1. The van der Waals surface area contributed by atoms with E-state index in [2.05, 4.69) is 17.6 Å². The Kier molecular flexibility index (Phi) is 30.1. The first-order valence-corrected chi connectivity index (χ1v) is 20.9. The van der Waals surface area contributed by atoms with E-state index in [1.165, 1.54) is 128 Å². The molecule has 0 spiro atoms. The fourth-order valence-corrected chi connectivity index (χ4v) is 6.84. The molecule has 290 valence electrons. The van der Waals surface area contributed by atoms with Gasteiger partial charge in [0.1, 0.15) is 18.3 Å². The third kappa shape index (κ3) is 24.9. The molecule has 9 heteroatoms. The Morgan fingerprint density at radius 3 is 1.65 bits per heavy atom. The van der Waals surface area contributed by atoms with E-state index >= 15 is 0 Å². The van der Waals surface area contributed by atoms with Crippen molar-refractivity contribution in [3.05, 3.63) is 12.2 Å². The van der Waals surface area contributed by atoms with Crippen LogP contribution < -0.4 is 10.6 Å². The predicted molar refractivity (Wildman–Crippen MR) is 208 cm³/mol. The number of hydrogen-bond acceptors (Lipinski definition) is 7. The molecule has 0 aromatic rings. The quantitative estimate of drug-likeness (QED) is 0.0219. The molecule has 0 heterocycles. The second kappa shape index (κ2) is 31.9. The fraction of sp³-hybridized carbons (Fsp3) is 0.925. The largest absolute Gasteiger partial charge is 0.393 e. The predicted octanol–water partition coefficient (Wildman–Crippen LogP) is 7.76. The number of ether oxygens (including phenoxy) is 1. The third-order valence-corrected chi connectivity index (χ3v) is 10.3. The van der Waals surface area contributed by atoms with E-state index in [-0.39, 0.29) is 13.0 Å². The average molecular weight is 715 g/mol. The lowest BCUT2D eigenvalue weighted by Gasteiger charge is -2.32. The van der Waals surface area contributed by atoms with Crippen molar-refractivity contribution in [2.24, 2.45) is 0 Å². The molecule has 49 heavy (non-hydrogen) atoms. The van der Waals surface area contributed by atoms with Gasteiger partial charge < -0.3 is 40.9 Å². The van der Waals surface area contributed by atoms with Crippen molar-refractivity contribution in [2.45, 2.75) is 223 Å². The summed E-state index contributed by atoms with van der Waals surface area (Å²) in [4.78, 5) is 0. The Morgan fingerprint density at radius 2 is 1.18 bits per heavy atom. The Labute approximate surface area is 306 Å². The number of unbranched alkanes of at least 4 members (excludes halogenated alkanes) is 21. The summed E-state index contributed by atoms with van der Waals surface area (Å²) in [6.45, 7) is 4.87. The van der Waals surface area contributed by atoms with Gasteiger partial charge in [-0.25, -0.2) is 0 Å². The van der Waals surface area contributed by atoms with E-state index in [9.17, 15) is 25.5 Å². The molecule has 0 fully saturated rings. The number of aliphatic hydroxyl groups is 5. The maximum absolute atomic E-state index is 10.8. The van der Waals surface area contributed by atoms with Crippen LogP contribution in [0.1, 0.15) is 181 Å². The number of aliphatic hydroxyl groups excluding tert-OH is 5. The molecule has 7 N–H and O–H groups in total. The molecule has 0 aromatic heterocycles. The van der Waals surface area contributed by atoms with Crippen LogP contribution in [-0.2, 0) is 4.74 Å². The summed E-state index contributed by atoms with van der Waals surface area (Å²) in [7, 11) is 0. The second-order valence-electron chi connectivity index (χ2n) is 14.6. The molecule has 0 radical (unpaired) electrons. The van der Waals surface area contributed by atoms with Crippen LogP contribution in [0.25, 0.3) is 0 Å². The Morgan fingerprint density at radius 1 is 0.714 bits per heavy atom. The van der Waals surface area contributed by atoms with Crippen LogP contribution >= 0.6 is 12.2 Å². The minimum atomic E-state index is -1.32. The van der Waals surface area contributed by atoms with Crippen LogP contribution in [0.15, 0.2) is 12.2 Å². The molecule has 0 saturated heterocycles. The summed E-state index contributed by atoms with van der Waals surface area (Å²) in [6.07, 6.45) is 29.0. The molecular formula is C40H78N2O6S. The Hall–Kier alpha value is -0.810. The molecule has 1 rings (SSSR count). The zero-order chi connectivity index (χ0) is 36.0. The minimum absolute atomic E-state index is 0.00625. The van der Waals surface area contributed by atoms with E-state index in [0.717, 1.165) is 19.4 Å². The SMILES string of the molecule is CCCCCCCCCCCCCCCCCCCCCCCCNC(=S)NC(COC1/C=C\CCC(O)C(O)C1O)C(O)CC(O)CC. The number of nitrogens with one attached hydrogen (secondary N) is 2. The maximum Gasteiger partial charge on any atom is 0.166 e. The van der Waals surface area contributed by atoms with Crippen LogP contribution in [0.3, 0.4) is 0 Å². The van der Waals surface area contributed by atoms with Crippen molar-refractivity contribution in [2.75, 3.05) is 13.2 Å². The van der Waals surface area contributed by atoms with E-state index in [1.54, 1.807) is 6.08 Å². The maximum atomic E-state index is 10.8. The van der Waals surface area contributed by atoms with Crippen molar-refractivity contribution in [3.63, 3.8) is 0 Å². The van der Waals surface area contributed by atoms with Gasteiger partial charge >= 0.3 is 0 Å². The highest BCUT2D eigenvalue weighted by molar-refractivity contribution is 7.80. The zero-order valence-electron chi connectivity index (χ0n) is 31.5. The first-order valence-electron chi connectivity index (χ1n) is 20.5. The number of rotatable bonds is 31. The van der Waals surface area contributed by atoms with Crippen LogP contribution in [-0.4, -0.2) is 86.5 Å². The van der Waals surface area contributed by atoms with Gasteiger partial charge in [0.2, 0.25) is 0 Å². The molecular weight excluding hydrogens is 637 g/mol. The van der Waals surface area contributed by atoms with Crippen LogP contribution in [0.4, 0.5) is 0 Å². The van der Waals surface area contributed by atoms with Crippen molar-refractivity contribution >= 4 is 17.3 Å². The lowest BCUT2D eigenvalue weighted by Crippen LogP contribution is -2.52. The molecule has 1 aliphatic carbocycles. The lowest BCUT2D eigenvalue weighted by molar-refractivity contribution is -0.117. The zero-order valence-corrected chi connectivity index (χ0v) is 32.4. The van der Waals surface area contributed by atoms with Crippen LogP contribution in [0, 0.1) is 0 Å². The van der Waals surface area contributed by atoms with E-state index in [4.69, 9.17) is 17.0 Å². The Bertz CT molecular complexity index is 790. The second-order valence-corrected chi connectivity index (χ2v) is 15.1. The molecule has 0 saturated carbocycles. The summed E-state index contributed by atoms with van der Waals surface area (Å²) in [5.41, 5.74) is 0. The van der Waals surface area contributed by atoms with Crippen molar-refractivity contribution in [3.8, 4) is 0 Å². The van der Waals surface area contributed by atoms with Gasteiger partial charge in [0, 0.05) is 13.0 Å². The molecule has 0 amide bonds. The molecule has 0 aliphatic heterocycles. The highest BCUT2D eigenvalue weighted by Crippen LogP contribution is 2.19. The summed E-state index contributed by atoms with van der Waals surface area (Å²) < 4.78 is 5.90. The fourth-order valence-electron chi connectivity index (χ4n) is 6.59. The van der Waals surface area contributed by atoms with E-state index < -0.39 is 42.7 Å². The third-order valence-electron chi connectivity index (χ3n) is 10.1. The first-order chi connectivity index (χ1) is 23.8. The van der Waals surface area contributed by atoms with Crippen molar-refractivity contribution in [1.29, 1.82) is 0 Å². The monoisotopic (exact) mass is 715 g/mol. The smallest absolute Gasteiger partial charge is 0.166 e. The molecule has 7 atom stereocenters. The standard InChI is InChI=1S/C40H78N2O6S/c1-3-5-6-7-8-9-10-11-12-13-14-15-16-17-18-19-20-21-22-23-24-27-30-41-40(49)42-34(36(45)31-33(43)4-2)32-48-37-29-26-25-28-35(44)38(46)39(37)47/h26,29,33-39,43-47H,3-25,27-28,30-32H2,1-2H3,(H2,41,42,49)/b29-26-. The summed E-state index contributed by atoms with van der Waals surface area (Å²) in [6, 6.07) is -0.626.